The minimum Gasteiger partial charge on any atom is -0.497 e. The van der Waals surface area contributed by atoms with E-state index < -0.39 is 0 Å². The molecule has 1 amide bonds. The first-order chi connectivity index (χ1) is 12.0. The van der Waals surface area contributed by atoms with Crippen LogP contribution in [0, 0.1) is 5.92 Å². The molecule has 25 heavy (non-hydrogen) atoms. The van der Waals surface area contributed by atoms with Crippen LogP contribution in [0.2, 0.25) is 0 Å². The van der Waals surface area contributed by atoms with E-state index >= 15 is 0 Å². The first-order valence-electron chi connectivity index (χ1n) is 8.60. The van der Waals surface area contributed by atoms with Crippen LogP contribution in [-0.4, -0.2) is 49.0 Å². The number of methoxy groups -OCH3 is 1. The second-order valence-electron chi connectivity index (χ2n) is 6.71. The lowest BCUT2D eigenvalue weighted by atomic mass is 10.1. The van der Waals surface area contributed by atoms with Gasteiger partial charge < -0.3 is 14.1 Å². The summed E-state index contributed by atoms with van der Waals surface area (Å²) in [6.45, 7) is 7.58. The molecular weight excluding hydrogens is 320 g/mol. The van der Waals surface area contributed by atoms with Crippen molar-refractivity contribution in [2.75, 3.05) is 33.3 Å². The molecule has 134 valence electrons. The quantitative estimate of drug-likeness (QED) is 0.795. The summed E-state index contributed by atoms with van der Waals surface area (Å²) in [5, 5.41) is 0.918. The number of carbonyl (C=O) groups excluding carboxylic acids is 1. The number of fused-ring (bicyclic) bond motifs is 1. The summed E-state index contributed by atoms with van der Waals surface area (Å²) in [5.74, 6) is 0.899. The average Bonchev–Trinajstić information content (AvgIpc) is 2.61. The number of piperazine rings is 1. The first-order valence-corrected chi connectivity index (χ1v) is 8.60. The van der Waals surface area contributed by atoms with E-state index in [1.807, 2.05) is 30.9 Å². The normalized spacial score (nSPS) is 15.8. The molecule has 1 aromatic carbocycles. The molecule has 1 aliphatic heterocycles. The molecule has 1 saturated heterocycles. The van der Waals surface area contributed by atoms with E-state index in [0.717, 1.165) is 37.1 Å². The van der Waals surface area contributed by atoms with Crippen LogP contribution in [0.1, 0.15) is 19.4 Å². The molecule has 0 saturated carbocycles. The topological polar surface area (TPSA) is 63.0 Å². The molecule has 0 aliphatic carbocycles. The van der Waals surface area contributed by atoms with Gasteiger partial charge in [0.05, 0.1) is 7.11 Å². The van der Waals surface area contributed by atoms with E-state index in [1.165, 1.54) is 0 Å². The van der Waals surface area contributed by atoms with Gasteiger partial charge in [0.2, 0.25) is 5.91 Å². The summed E-state index contributed by atoms with van der Waals surface area (Å²) < 4.78 is 10.5. The molecule has 0 bridgehead atoms. The van der Waals surface area contributed by atoms with Crippen LogP contribution in [0.25, 0.3) is 11.0 Å². The van der Waals surface area contributed by atoms with E-state index in [9.17, 15) is 9.59 Å². The molecule has 1 aliphatic rings. The smallest absolute Gasteiger partial charge is 0.336 e. The monoisotopic (exact) mass is 344 g/mol. The molecular formula is C19H24N2O4. The summed E-state index contributed by atoms with van der Waals surface area (Å²) in [6.07, 6.45) is 0. The van der Waals surface area contributed by atoms with E-state index in [0.29, 0.717) is 17.9 Å². The van der Waals surface area contributed by atoms with Crippen LogP contribution >= 0.6 is 0 Å². The first kappa shape index (κ1) is 17.5. The number of rotatable bonds is 4. The number of benzene rings is 1. The van der Waals surface area contributed by atoms with Crippen LogP contribution in [0.3, 0.4) is 0 Å². The Hall–Kier alpha value is -2.34. The van der Waals surface area contributed by atoms with Gasteiger partial charge in [0, 0.05) is 56.2 Å². The van der Waals surface area contributed by atoms with Gasteiger partial charge in [-0.3, -0.25) is 9.69 Å². The third-order valence-electron chi connectivity index (χ3n) is 4.61. The zero-order chi connectivity index (χ0) is 18.0. The van der Waals surface area contributed by atoms with Crippen LogP contribution in [-0.2, 0) is 11.3 Å². The molecule has 1 fully saturated rings. The Morgan fingerprint density at radius 3 is 2.56 bits per heavy atom. The number of carbonyl (C=O) groups is 1. The SMILES string of the molecule is COc1ccc2c(CN3CCN(C(=O)C(C)C)CC3)cc(=O)oc2c1. The fraction of sp³-hybridized carbons (Fsp3) is 0.474. The Morgan fingerprint density at radius 1 is 1.20 bits per heavy atom. The standard InChI is InChI=1S/C19H24N2O4/c1-13(2)19(23)21-8-6-20(7-9-21)12-14-10-18(22)25-17-11-15(24-3)4-5-16(14)17/h4-5,10-11,13H,6-9,12H2,1-3H3. The molecule has 0 atom stereocenters. The Balaban J connectivity index is 1.76. The number of ether oxygens (including phenoxy) is 1. The Kier molecular flexibility index (Phi) is 5.08. The molecule has 6 nitrogen and oxygen atoms in total. The number of amides is 1. The van der Waals surface area contributed by atoms with Gasteiger partial charge in [-0.05, 0) is 17.7 Å². The minimum absolute atomic E-state index is 0.0317. The molecule has 0 radical (unpaired) electrons. The molecule has 2 heterocycles. The molecule has 0 spiro atoms. The highest BCUT2D eigenvalue weighted by Gasteiger charge is 2.23. The van der Waals surface area contributed by atoms with E-state index in [1.54, 1.807) is 19.2 Å². The average molecular weight is 344 g/mol. The summed E-state index contributed by atoms with van der Waals surface area (Å²) in [6, 6.07) is 7.08. The van der Waals surface area contributed by atoms with Gasteiger partial charge in [-0.15, -0.1) is 0 Å². The Morgan fingerprint density at radius 2 is 1.92 bits per heavy atom. The molecule has 6 heteroatoms. The zero-order valence-corrected chi connectivity index (χ0v) is 14.9. The summed E-state index contributed by atoms with van der Waals surface area (Å²) in [7, 11) is 1.58. The summed E-state index contributed by atoms with van der Waals surface area (Å²) in [5.41, 5.74) is 1.12. The van der Waals surface area contributed by atoms with Crippen LogP contribution < -0.4 is 10.4 Å². The van der Waals surface area contributed by atoms with Gasteiger partial charge in [0.15, 0.2) is 0 Å². The van der Waals surface area contributed by atoms with Crippen LogP contribution in [0.4, 0.5) is 0 Å². The molecule has 0 unspecified atom stereocenters. The predicted molar refractivity (Wildman–Crippen MR) is 95.7 cm³/mol. The van der Waals surface area contributed by atoms with E-state index in [4.69, 9.17) is 9.15 Å². The van der Waals surface area contributed by atoms with Crippen LogP contribution in [0.5, 0.6) is 5.75 Å². The zero-order valence-electron chi connectivity index (χ0n) is 14.9. The fourth-order valence-corrected chi connectivity index (χ4v) is 3.20. The number of hydrogen-bond donors (Lipinski definition) is 0. The van der Waals surface area contributed by atoms with Crippen molar-refractivity contribution in [1.29, 1.82) is 0 Å². The minimum atomic E-state index is -0.357. The summed E-state index contributed by atoms with van der Waals surface area (Å²) in [4.78, 5) is 28.2. The van der Waals surface area contributed by atoms with Gasteiger partial charge in [0.25, 0.3) is 0 Å². The second-order valence-corrected chi connectivity index (χ2v) is 6.71. The van der Waals surface area contributed by atoms with E-state index in [-0.39, 0.29) is 17.5 Å². The van der Waals surface area contributed by atoms with Gasteiger partial charge in [0.1, 0.15) is 11.3 Å². The lowest BCUT2D eigenvalue weighted by Gasteiger charge is -2.35. The van der Waals surface area contributed by atoms with Crippen molar-refractivity contribution in [2.45, 2.75) is 20.4 Å². The van der Waals surface area contributed by atoms with Crippen molar-refractivity contribution in [3.8, 4) is 5.75 Å². The van der Waals surface area contributed by atoms with Gasteiger partial charge in [-0.25, -0.2) is 4.79 Å². The summed E-state index contributed by atoms with van der Waals surface area (Å²) >= 11 is 0. The van der Waals surface area contributed by atoms with Gasteiger partial charge in [-0.2, -0.15) is 0 Å². The second kappa shape index (κ2) is 7.27. The number of hydrogen-bond acceptors (Lipinski definition) is 5. The van der Waals surface area contributed by atoms with Crippen molar-refractivity contribution in [3.05, 3.63) is 40.2 Å². The Labute approximate surface area is 147 Å². The highest BCUT2D eigenvalue weighted by atomic mass is 16.5. The maximum absolute atomic E-state index is 12.1. The lowest BCUT2D eigenvalue weighted by Crippen LogP contribution is -2.49. The third kappa shape index (κ3) is 3.85. The molecule has 2 aromatic rings. The lowest BCUT2D eigenvalue weighted by molar-refractivity contribution is -0.136. The van der Waals surface area contributed by atoms with E-state index in [2.05, 4.69) is 4.90 Å². The van der Waals surface area contributed by atoms with Crippen molar-refractivity contribution in [2.24, 2.45) is 5.92 Å². The fourth-order valence-electron chi connectivity index (χ4n) is 3.20. The number of nitrogens with zero attached hydrogens (tertiary/aromatic N) is 2. The largest absolute Gasteiger partial charge is 0.497 e. The highest BCUT2D eigenvalue weighted by molar-refractivity contribution is 5.81. The Bertz CT molecular complexity index is 820. The maximum Gasteiger partial charge on any atom is 0.336 e. The van der Waals surface area contributed by atoms with Gasteiger partial charge in [-0.1, -0.05) is 13.8 Å². The van der Waals surface area contributed by atoms with Crippen LogP contribution in [0.15, 0.2) is 33.5 Å². The van der Waals surface area contributed by atoms with Crippen molar-refractivity contribution in [3.63, 3.8) is 0 Å². The third-order valence-corrected chi connectivity index (χ3v) is 4.61. The molecule has 3 rings (SSSR count). The molecule has 0 N–H and O–H groups in total. The van der Waals surface area contributed by atoms with Gasteiger partial charge >= 0.3 is 5.63 Å². The predicted octanol–water partition coefficient (Wildman–Crippen LogP) is 2.10. The van der Waals surface area contributed by atoms with Crippen molar-refractivity contribution in [1.82, 2.24) is 9.80 Å². The molecule has 1 aromatic heterocycles. The van der Waals surface area contributed by atoms with Crippen molar-refractivity contribution < 1.29 is 13.9 Å². The highest BCUT2D eigenvalue weighted by Crippen LogP contribution is 2.23. The van der Waals surface area contributed by atoms with Crippen molar-refractivity contribution >= 4 is 16.9 Å². The maximum atomic E-state index is 12.1.